The molecule has 3 aromatic heterocycles. The van der Waals surface area contributed by atoms with Gasteiger partial charge in [-0.15, -0.1) is 0 Å². The van der Waals surface area contributed by atoms with E-state index in [1.165, 1.54) is 0 Å². The van der Waals surface area contributed by atoms with Crippen LogP contribution in [0.25, 0.3) is 22.0 Å². The van der Waals surface area contributed by atoms with Crippen molar-refractivity contribution in [3.63, 3.8) is 0 Å². The lowest BCUT2D eigenvalue weighted by molar-refractivity contribution is 0.0792. The Kier molecular flexibility index (Phi) is 6.92. The maximum Gasteiger partial charge on any atom is 0.276 e. The summed E-state index contributed by atoms with van der Waals surface area (Å²) in [6.45, 7) is 6.43. The van der Waals surface area contributed by atoms with Crippen LogP contribution < -0.4 is 10.1 Å². The standard InChI is InChI=1S/C27H30N6O3/c1-17(2)36-25-6-4-21(15-29-25)30-27(35)26-23-12-19(3-5-24(23)31-32-26)20-11-18(13-28-14-20)16-33-9-7-22(34)8-10-33/h3-6,11-15,17,22,34H,7-10,16H2,1-2H3,(H,30,35)(H,31,32). The Labute approximate surface area is 209 Å². The van der Waals surface area contributed by atoms with Crippen LogP contribution in [0.4, 0.5) is 5.69 Å². The highest BCUT2D eigenvalue weighted by Gasteiger charge is 2.18. The minimum Gasteiger partial charge on any atom is -0.475 e. The Morgan fingerprint density at radius 3 is 2.72 bits per heavy atom. The zero-order valence-corrected chi connectivity index (χ0v) is 20.4. The average Bonchev–Trinajstić information content (AvgIpc) is 3.30. The largest absolute Gasteiger partial charge is 0.475 e. The molecule has 4 aromatic rings. The molecule has 0 atom stereocenters. The molecule has 1 aliphatic rings. The van der Waals surface area contributed by atoms with Crippen molar-refractivity contribution in [1.82, 2.24) is 25.1 Å². The SMILES string of the molecule is CC(C)Oc1ccc(NC(=O)c2n[nH]c3ccc(-c4cncc(CN5CCC(O)CC5)c4)cc23)cn1. The second-order valence-electron chi connectivity index (χ2n) is 9.43. The average molecular weight is 487 g/mol. The highest BCUT2D eigenvalue weighted by molar-refractivity contribution is 6.11. The normalized spacial score (nSPS) is 14.9. The third-order valence-electron chi connectivity index (χ3n) is 6.22. The lowest BCUT2D eigenvalue weighted by Gasteiger charge is -2.29. The fourth-order valence-electron chi connectivity index (χ4n) is 4.39. The van der Waals surface area contributed by atoms with Crippen LogP contribution in [0, 0.1) is 0 Å². The number of nitrogens with one attached hydrogen (secondary N) is 2. The van der Waals surface area contributed by atoms with Gasteiger partial charge in [0.05, 0.1) is 29.6 Å². The van der Waals surface area contributed by atoms with Crippen molar-refractivity contribution in [2.45, 2.75) is 45.4 Å². The molecular formula is C27H30N6O3. The number of aromatic amines is 1. The molecule has 0 aliphatic carbocycles. The summed E-state index contributed by atoms with van der Waals surface area (Å²) in [4.78, 5) is 24.0. The Bertz CT molecular complexity index is 1340. The maximum absolute atomic E-state index is 13.0. The topological polar surface area (TPSA) is 116 Å². The van der Waals surface area contributed by atoms with Gasteiger partial charge in [-0.25, -0.2) is 4.98 Å². The number of rotatable bonds is 7. The van der Waals surface area contributed by atoms with Gasteiger partial charge in [-0.1, -0.05) is 6.07 Å². The summed E-state index contributed by atoms with van der Waals surface area (Å²) in [5, 5.41) is 20.5. The number of anilines is 1. The van der Waals surface area contributed by atoms with Crippen LogP contribution in [0.1, 0.15) is 42.7 Å². The molecule has 0 saturated carbocycles. The van der Waals surface area contributed by atoms with Crippen molar-refractivity contribution >= 4 is 22.5 Å². The molecule has 1 saturated heterocycles. The summed E-state index contributed by atoms with van der Waals surface area (Å²) in [5.74, 6) is 0.184. The number of hydrogen-bond acceptors (Lipinski definition) is 7. The zero-order valence-electron chi connectivity index (χ0n) is 20.4. The number of nitrogens with zero attached hydrogens (tertiary/aromatic N) is 4. The number of H-pyrrole nitrogens is 1. The molecule has 0 radical (unpaired) electrons. The van der Waals surface area contributed by atoms with E-state index in [9.17, 15) is 9.90 Å². The van der Waals surface area contributed by atoms with Gasteiger partial charge in [0.15, 0.2) is 5.69 Å². The predicted molar refractivity (Wildman–Crippen MR) is 138 cm³/mol. The summed E-state index contributed by atoms with van der Waals surface area (Å²) in [5.41, 5.74) is 4.70. The molecule has 9 nitrogen and oxygen atoms in total. The Hall–Kier alpha value is -3.82. The fraction of sp³-hybridized carbons (Fsp3) is 0.333. The molecule has 3 N–H and O–H groups in total. The van der Waals surface area contributed by atoms with E-state index < -0.39 is 0 Å². The smallest absolute Gasteiger partial charge is 0.276 e. The number of likely N-dealkylation sites (tertiary alicyclic amines) is 1. The second kappa shape index (κ2) is 10.4. The van der Waals surface area contributed by atoms with Crippen LogP contribution in [-0.4, -0.2) is 61.4 Å². The van der Waals surface area contributed by atoms with Gasteiger partial charge in [-0.05, 0) is 62.1 Å². The van der Waals surface area contributed by atoms with Crippen LogP contribution in [0.2, 0.25) is 0 Å². The van der Waals surface area contributed by atoms with Gasteiger partial charge in [0.2, 0.25) is 5.88 Å². The number of aliphatic hydroxyl groups is 1. The van der Waals surface area contributed by atoms with Gasteiger partial charge in [0.1, 0.15) is 0 Å². The molecule has 36 heavy (non-hydrogen) atoms. The lowest BCUT2D eigenvalue weighted by atomic mass is 10.0. The van der Waals surface area contributed by atoms with Crippen molar-refractivity contribution in [3.05, 3.63) is 66.2 Å². The molecule has 1 fully saturated rings. The van der Waals surface area contributed by atoms with Crippen molar-refractivity contribution in [1.29, 1.82) is 0 Å². The first-order valence-electron chi connectivity index (χ1n) is 12.2. The number of aromatic nitrogens is 4. The first-order valence-corrected chi connectivity index (χ1v) is 12.2. The minimum absolute atomic E-state index is 0.0252. The van der Waals surface area contributed by atoms with Crippen LogP contribution >= 0.6 is 0 Å². The Balaban J connectivity index is 1.33. The molecule has 0 bridgehead atoms. The first kappa shape index (κ1) is 23.9. The fourth-order valence-corrected chi connectivity index (χ4v) is 4.39. The number of ether oxygens (including phenoxy) is 1. The monoisotopic (exact) mass is 486 g/mol. The predicted octanol–water partition coefficient (Wildman–Crippen LogP) is 4.02. The highest BCUT2D eigenvalue weighted by atomic mass is 16.5. The van der Waals surface area contributed by atoms with E-state index in [4.69, 9.17) is 4.74 Å². The number of hydrogen-bond donors (Lipinski definition) is 3. The van der Waals surface area contributed by atoms with E-state index in [2.05, 4.69) is 36.4 Å². The van der Waals surface area contributed by atoms with Crippen LogP contribution in [0.3, 0.4) is 0 Å². The van der Waals surface area contributed by atoms with Gasteiger partial charge in [-0.3, -0.25) is 19.8 Å². The van der Waals surface area contributed by atoms with Crippen molar-refractivity contribution < 1.29 is 14.6 Å². The molecule has 0 spiro atoms. The number of fused-ring (bicyclic) bond motifs is 1. The molecule has 4 heterocycles. The van der Waals surface area contributed by atoms with Crippen molar-refractivity contribution in [2.24, 2.45) is 0 Å². The maximum atomic E-state index is 13.0. The summed E-state index contributed by atoms with van der Waals surface area (Å²) < 4.78 is 5.56. The van der Waals surface area contributed by atoms with Gasteiger partial charge in [0.25, 0.3) is 5.91 Å². The lowest BCUT2D eigenvalue weighted by Crippen LogP contribution is -2.35. The van der Waals surface area contributed by atoms with Gasteiger partial charge >= 0.3 is 0 Å². The molecule has 1 aliphatic heterocycles. The summed E-state index contributed by atoms with van der Waals surface area (Å²) in [6.07, 6.45) is 6.73. The zero-order chi connectivity index (χ0) is 25.1. The van der Waals surface area contributed by atoms with E-state index in [0.717, 1.165) is 60.1 Å². The Morgan fingerprint density at radius 2 is 1.97 bits per heavy atom. The number of carbonyl (C=O) groups excluding carboxylic acids is 1. The molecule has 0 unspecified atom stereocenters. The summed E-state index contributed by atoms with van der Waals surface area (Å²) in [7, 11) is 0. The quantitative estimate of drug-likeness (QED) is 0.361. The van der Waals surface area contributed by atoms with Gasteiger partial charge in [0, 0.05) is 49.0 Å². The number of amides is 1. The van der Waals surface area contributed by atoms with Gasteiger partial charge in [-0.2, -0.15) is 5.10 Å². The van der Waals surface area contributed by atoms with E-state index in [0.29, 0.717) is 17.3 Å². The minimum atomic E-state index is -0.322. The van der Waals surface area contributed by atoms with Crippen molar-refractivity contribution in [3.8, 4) is 17.0 Å². The number of piperidine rings is 1. The number of pyridine rings is 2. The number of aliphatic hydroxyl groups excluding tert-OH is 1. The number of benzene rings is 1. The van der Waals surface area contributed by atoms with E-state index >= 15 is 0 Å². The van der Waals surface area contributed by atoms with Crippen molar-refractivity contribution in [2.75, 3.05) is 18.4 Å². The molecule has 186 valence electrons. The van der Waals surface area contributed by atoms with E-state index in [1.54, 1.807) is 18.3 Å². The van der Waals surface area contributed by atoms with Crippen LogP contribution in [0.5, 0.6) is 5.88 Å². The number of carbonyl (C=O) groups is 1. The molecule has 5 rings (SSSR count). The summed E-state index contributed by atoms with van der Waals surface area (Å²) >= 11 is 0. The first-order chi connectivity index (χ1) is 17.4. The molecular weight excluding hydrogens is 456 g/mol. The third-order valence-corrected chi connectivity index (χ3v) is 6.22. The summed E-state index contributed by atoms with van der Waals surface area (Å²) in [6, 6.07) is 11.5. The Morgan fingerprint density at radius 1 is 1.14 bits per heavy atom. The van der Waals surface area contributed by atoms with Crippen LogP contribution in [-0.2, 0) is 6.54 Å². The second-order valence-corrected chi connectivity index (χ2v) is 9.43. The molecule has 1 amide bonds. The highest BCUT2D eigenvalue weighted by Crippen LogP contribution is 2.27. The molecule has 1 aromatic carbocycles. The van der Waals surface area contributed by atoms with E-state index in [-0.39, 0.29) is 18.1 Å². The molecule has 9 heteroatoms. The van der Waals surface area contributed by atoms with Crippen LogP contribution in [0.15, 0.2) is 55.0 Å². The van der Waals surface area contributed by atoms with E-state index in [1.807, 2.05) is 44.4 Å². The third kappa shape index (κ3) is 5.53. The van der Waals surface area contributed by atoms with Gasteiger partial charge < -0.3 is 15.2 Å².